The van der Waals surface area contributed by atoms with Gasteiger partial charge in [-0.25, -0.2) is 18.1 Å². The van der Waals surface area contributed by atoms with Gasteiger partial charge in [0.25, 0.3) is 10.0 Å². The molecule has 0 saturated heterocycles. The predicted molar refractivity (Wildman–Crippen MR) is 74.3 cm³/mol. The summed E-state index contributed by atoms with van der Waals surface area (Å²) in [6, 6.07) is -0.197. The second kappa shape index (κ2) is 6.60. The molecule has 5 nitrogen and oxygen atoms in total. The highest BCUT2D eigenvalue weighted by Gasteiger charge is 2.23. The summed E-state index contributed by atoms with van der Waals surface area (Å²) < 4.78 is 27.4. The second-order valence-electron chi connectivity index (χ2n) is 4.30. The number of nitrogens with two attached hydrogens (primary N) is 1. The topological polar surface area (TPSA) is 85.1 Å². The van der Waals surface area contributed by atoms with Gasteiger partial charge >= 0.3 is 0 Å². The first kappa shape index (κ1) is 15.6. The van der Waals surface area contributed by atoms with Gasteiger partial charge in [-0.05, 0) is 20.3 Å². The van der Waals surface area contributed by atoms with Crippen molar-refractivity contribution in [2.75, 3.05) is 6.54 Å². The van der Waals surface area contributed by atoms with E-state index in [-0.39, 0.29) is 6.04 Å². The van der Waals surface area contributed by atoms with Crippen LogP contribution in [0.15, 0.2) is 4.21 Å². The highest BCUT2D eigenvalue weighted by atomic mass is 32.2. The molecule has 0 fully saturated rings. The summed E-state index contributed by atoms with van der Waals surface area (Å²) >= 11 is 1.20. The highest BCUT2D eigenvalue weighted by Crippen LogP contribution is 2.23. The zero-order valence-electron chi connectivity index (χ0n) is 11.1. The average Bonchev–Trinajstić information content (AvgIpc) is 2.64. The van der Waals surface area contributed by atoms with Gasteiger partial charge in [-0.15, -0.1) is 11.3 Å². The van der Waals surface area contributed by atoms with Crippen LogP contribution in [0.4, 0.5) is 0 Å². The van der Waals surface area contributed by atoms with Crippen LogP contribution in [-0.2, 0) is 10.0 Å². The SMILES string of the molecule is CCCC[C@H](CN)NS(=O)(=O)c1sc(C)nc1C. The number of nitrogens with one attached hydrogen (secondary N) is 1. The van der Waals surface area contributed by atoms with Gasteiger partial charge < -0.3 is 5.73 Å². The van der Waals surface area contributed by atoms with Crippen molar-refractivity contribution in [2.24, 2.45) is 5.73 Å². The molecule has 0 spiro atoms. The Bertz CT molecular complexity index is 482. The van der Waals surface area contributed by atoms with Crippen molar-refractivity contribution in [1.29, 1.82) is 0 Å². The van der Waals surface area contributed by atoms with Gasteiger partial charge in [-0.1, -0.05) is 19.8 Å². The molecule has 18 heavy (non-hydrogen) atoms. The molecule has 1 aromatic heterocycles. The Balaban J connectivity index is 2.83. The lowest BCUT2D eigenvalue weighted by Gasteiger charge is -2.15. The van der Waals surface area contributed by atoms with E-state index >= 15 is 0 Å². The molecule has 0 aliphatic heterocycles. The summed E-state index contributed by atoms with van der Waals surface area (Å²) in [5.41, 5.74) is 6.15. The molecule has 0 bridgehead atoms. The van der Waals surface area contributed by atoms with Crippen LogP contribution in [0, 0.1) is 13.8 Å². The number of sulfonamides is 1. The molecule has 7 heteroatoms. The number of unbranched alkanes of at least 4 members (excludes halogenated alkanes) is 1. The average molecular weight is 291 g/mol. The largest absolute Gasteiger partial charge is 0.329 e. The number of rotatable bonds is 7. The van der Waals surface area contributed by atoms with Crippen LogP contribution in [0.3, 0.4) is 0 Å². The zero-order chi connectivity index (χ0) is 13.8. The van der Waals surface area contributed by atoms with E-state index in [9.17, 15) is 8.42 Å². The van der Waals surface area contributed by atoms with E-state index in [0.29, 0.717) is 16.4 Å². The van der Waals surface area contributed by atoms with Gasteiger partial charge in [-0.3, -0.25) is 0 Å². The third-order valence-electron chi connectivity index (χ3n) is 2.62. The summed E-state index contributed by atoms with van der Waals surface area (Å²) in [5, 5.41) is 0.755. The first-order valence-electron chi connectivity index (χ1n) is 6.07. The van der Waals surface area contributed by atoms with Gasteiger partial charge in [0.2, 0.25) is 0 Å². The summed E-state index contributed by atoms with van der Waals surface area (Å²) in [6.07, 6.45) is 2.76. The van der Waals surface area contributed by atoms with E-state index in [1.807, 2.05) is 0 Å². The number of hydrogen-bond donors (Lipinski definition) is 2. The summed E-state index contributed by atoms with van der Waals surface area (Å²) in [6.45, 7) is 5.89. The number of hydrogen-bond acceptors (Lipinski definition) is 5. The van der Waals surface area contributed by atoms with E-state index in [1.54, 1.807) is 13.8 Å². The van der Waals surface area contributed by atoms with Crippen molar-refractivity contribution < 1.29 is 8.42 Å². The van der Waals surface area contributed by atoms with Crippen molar-refractivity contribution in [3.8, 4) is 0 Å². The molecule has 1 heterocycles. The van der Waals surface area contributed by atoms with Crippen LogP contribution < -0.4 is 10.5 Å². The highest BCUT2D eigenvalue weighted by molar-refractivity contribution is 7.91. The van der Waals surface area contributed by atoms with Crippen molar-refractivity contribution in [3.63, 3.8) is 0 Å². The molecule has 0 aliphatic rings. The molecular weight excluding hydrogens is 270 g/mol. The summed E-state index contributed by atoms with van der Waals surface area (Å²) in [4.78, 5) is 4.14. The zero-order valence-corrected chi connectivity index (χ0v) is 12.7. The number of aromatic nitrogens is 1. The lowest BCUT2D eigenvalue weighted by Crippen LogP contribution is -2.40. The normalized spacial score (nSPS) is 13.8. The molecule has 3 N–H and O–H groups in total. The van der Waals surface area contributed by atoms with E-state index < -0.39 is 10.0 Å². The van der Waals surface area contributed by atoms with Crippen LogP contribution in [0.5, 0.6) is 0 Å². The molecule has 0 unspecified atom stereocenters. The van der Waals surface area contributed by atoms with Crippen molar-refractivity contribution in [2.45, 2.75) is 50.3 Å². The minimum Gasteiger partial charge on any atom is -0.329 e. The predicted octanol–water partition coefficient (Wildman–Crippen LogP) is 1.56. The molecule has 0 radical (unpaired) electrons. The van der Waals surface area contributed by atoms with Gasteiger partial charge in [0.15, 0.2) is 4.21 Å². The Labute approximate surface area is 113 Å². The Morgan fingerprint density at radius 1 is 1.44 bits per heavy atom. The van der Waals surface area contributed by atoms with Crippen LogP contribution >= 0.6 is 11.3 Å². The second-order valence-corrected chi connectivity index (χ2v) is 7.41. The smallest absolute Gasteiger partial charge is 0.252 e. The van der Waals surface area contributed by atoms with Gasteiger partial charge in [0, 0.05) is 12.6 Å². The van der Waals surface area contributed by atoms with Crippen LogP contribution in [-0.4, -0.2) is 26.0 Å². The quantitative estimate of drug-likeness (QED) is 0.798. The van der Waals surface area contributed by atoms with Gasteiger partial charge in [-0.2, -0.15) is 0 Å². The Kier molecular flexibility index (Phi) is 5.71. The van der Waals surface area contributed by atoms with Crippen molar-refractivity contribution in [1.82, 2.24) is 9.71 Å². The van der Waals surface area contributed by atoms with Crippen molar-refractivity contribution in [3.05, 3.63) is 10.7 Å². The minimum absolute atomic E-state index is 0.197. The van der Waals surface area contributed by atoms with Crippen LogP contribution in [0.1, 0.15) is 36.9 Å². The summed E-state index contributed by atoms with van der Waals surface area (Å²) in [7, 11) is -3.49. The molecule has 104 valence electrons. The van der Waals surface area contributed by atoms with E-state index in [1.165, 1.54) is 11.3 Å². The minimum atomic E-state index is -3.49. The molecule has 1 atom stereocenters. The first-order chi connectivity index (χ1) is 8.40. The Morgan fingerprint density at radius 3 is 2.56 bits per heavy atom. The fraction of sp³-hybridized carbons (Fsp3) is 0.727. The van der Waals surface area contributed by atoms with E-state index in [4.69, 9.17) is 5.73 Å². The molecule has 0 aliphatic carbocycles. The maximum atomic E-state index is 12.2. The van der Waals surface area contributed by atoms with E-state index in [0.717, 1.165) is 24.3 Å². The van der Waals surface area contributed by atoms with E-state index in [2.05, 4.69) is 16.6 Å². The standard InChI is InChI=1S/C11H21N3O2S2/c1-4-5-6-10(7-12)14-18(15,16)11-8(2)13-9(3)17-11/h10,14H,4-7,12H2,1-3H3/t10-/m1/s1. The fourth-order valence-corrected chi connectivity index (χ4v) is 4.49. The molecule has 0 amide bonds. The Hall–Kier alpha value is -0.500. The van der Waals surface area contributed by atoms with Gasteiger partial charge in [0.05, 0.1) is 10.7 Å². The maximum Gasteiger partial charge on any atom is 0.252 e. The maximum absolute atomic E-state index is 12.2. The summed E-state index contributed by atoms with van der Waals surface area (Å²) in [5.74, 6) is 0. The van der Waals surface area contributed by atoms with Gasteiger partial charge in [0.1, 0.15) is 0 Å². The number of nitrogens with zero attached hydrogens (tertiary/aromatic N) is 1. The monoisotopic (exact) mass is 291 g/mol. The first-order valence-corrected chi connectivity index (χ1v) is 8.37. The fourth-order valence-electron chi connectivity index (χ4n) is 1.71. The van der Waals surface area contributed by atoms with Crippen LogP contribution in [0.2, 0.25) is 0 Å². The number of thiazole rings is 1. The molecule has 1 aromatic rings. The molecule has 0 aromatic carbocycles. The Morgan fingerprint density at radius 2 is 2.11 bits per heavy atom. The number of aryl methyl sites for hydroxylation is 2. The molecule has 0 saturated carbocycles. The lowest BCUT2D eigenvalue weighted by molar-refractivity contribution is 0.517. The van der Waals surface area contributed by atoms with Crippen molar-refractivity contribution >= 4 is 21.4 Å². The lowest BCUT2D eigenvalue weighted by atomic mass is 10.1. The third kappa shape index (κ3) is 4.01. The van der Waals surface area contributed by atoms with Crippen LogP contribution in [0.25, 0.3) is 0 Å². The molecular formula is C11H21N3O2S2. The molecule has 1 rings (SSSR count). The third-order valence-corrected chi connectivity index (χ3v) is 5.82.